The molecule has 1 rings (SSSR count). The van der Waals surface area contributed by atoms with Crippen LogP contribution < -0.4 is 10.6 Å². The van der Waals surface area contributed by atoms with E-state index >= 15 is 0 Å². The Labute approximate surface area is 73.9 Å². The highest BCUT2D eigenvalue weighted by Gasteiger charge is 2.29. The summed E-state index contributed by atoms with van der Waals surface area (Å²) in [5.41, 5.74) is 0. The molecule has 0 radical (unpaired) electrons. The zero-order valence-electron chi connectivity index (χ0n) is 8.05. The van der Waals surface area contributed by atoms with Gasteiger partial charge in [0.25, 0.3) is 0 Å². The highest BCUT2D eigenvalue weighted by molar-refractivity contribution is 5.78. The Morgan fingerprint density at radius 3 is 2.58 bits per heavy atom. The largest absolute Gasteiger partial charge is 0.356 e. The van der Waals surface area contributed by atoms with Crippen LogP contribution >= 0.6 is 0 Å². The fourth-order valence-corrected chi connectivity index (χ4v) is 1.99. The molecule has 1 aliphatic heterocycles. The molecule has 1 aliphatic rings. The minimum atomic E-state index is 0.195. The van der Waals surface area contributed by atoms with E-state index in [-0.39, 0.29) is 5.91 Å². The third-order valence-electron chi connectivity index (χ3n) is 2.57. The lowest BCUT2D eigenvalue weighted by Crippen LogP contribution is -2.39. The predicted octanol–water partition coefficient (Wildman–Crippen LogP) is 0.366. The van der Waals surface area contributed by atoms with Crippen LogP contribution in [-0.2, 0) is 4.79 Å². The molecule has 3 nitrogen and oxygen atoms in total. The number of nitrogens with one attached hydrogen (secondary N) is 2. The topological polar surface area (TPSA) is 41.1 Å². The summed E-state index contributed by atoms with van der Waals surface area (Å²) < 4.78 is 0. The second-order valence-electron chi connectivity index (χ2n) is 3.83. The quantitative estimate of drug-likeness (QED) is 0.642. The van der Waals surface area contributed by atoms with Crippen LogP contribution in [-0.4, -0.2) is 25.5 Å². The monoisotopic (exact) mass is 170 g/mol. The average Bonchev–Trinajstić information content (AvgIpc) is 2.37. The first kappa shape index (κ1) is 9.52. The van der Waals surface area contributed by atoms with Crippen molar-refractivity contribution in [2.24, 2.45) is 11.8 Å². The van der Waals surface area contributed by atoms with Crippen LogP contribution in [0.2, 0.25) is 0 Å². The van der Waals surface area contributed by atoms with Crippen LogP contribution in [0, 0.1) is 11.8 Å². The molecule has 2 unspecified atom stereocenters. The number of carbonyl (C=O) groups is 1. The lowest BCUT2D eigenvalue weighted by molar-refractivity contribution is -0.119. The van der Waals surface area contributed by atoms with Crippen molar-refractivity contribution in [1.82, 2.24) is 10.6 Å². The lowest BCUT2D eigenvalue weighted by atomic mass is 9.90. The molecule has 1 saturated heterocycles. The molecule has 0 spiro atoms. The predicted molar refractivity (Wildman–Crippen MR) is 48.8 cm³/mol. The molecule has 0 aliphatic carbocycles. The first-order valence-electron chi connectivity index (χ1n) is 4.59. The van der Waals surface area contributed by atoms with Crippen LogP contribution in [0.25, 0.3) is 0 Å². The minimum Gasteiger partial charge on any atom is -0.356 e. The van der Waals surface area contributed by atoms with Gasteiger partial charge in [0.2, 0.25) is 5.91 Å². The van der Waals surface area contributed by atoms with E-state index in [9.17, 15) is 4.79 Å². The number of hydrogen-bond acceptors (Lipinski definition) is 2. The Morgan fingerprint density at radius 1 is 1.58 bits per heavy atom. The van der Waals surface area contributed by atoms with E-state index in [1.165, 1.54) is 0 Å². The van der Waals surface area contributed by atoms with E-state index in [2.05, 4.69) is 24.5 Å². The molecule has 1 fully saturated rings. The summed E-state index contributed by atoms with van der Waals surface area (Å²) >= 11 is 0. The van der Waals surface area contributed by atoms with Gasteiger partial charge in [-0.05, 0) is 13.0 Å². The van der Waals surface area contributed by atoms with Gasteiger partial charge in [0.15, 0.2) is 0 Å². The van der Waals surface area contributed by atoms with E-state index in [4.69, 9.17) is 0 Å². The fourth-order valence-electron chi connectivity index (χ4n) is 1.99. The number of carbonyl (C=O) groups excluding carboxylic acids is 1. The normalized spacial score (nSPS) is 26.0. The van der Waals surface area contributed by atoms with Gasteiger partial charge in [0.1, 0.15) is 0 Å². The molecule has 12 heavy (non-hydrogen) atoms. The van der Waals surface area contributed by atoms with Crippen LogP contribution in [0.3, 0.4) is 0 Å². The summed E-state index contributed by atoms with van der Waals surface area (Å²) in [5.74, 6) is 1.26. The maximum absolute atomic E-state index is 11.0. The van der Waals surface area contributed by atoms with Crippen LogP contribution in [0.1, 0.15) is 20.3 Å². The Bertz CT molecular complexity index is 168. The Balaban J connectivity index is 2.49. The molecule has 2 atom stereocenters. The van der Waals surface area contributed by atoms with E-state index in [0.717, 1.165) is 6.54 Å². The molecule has 70 valence electrons. The maximum Gasteiger partial charge on any atom is 0.220 e. The standard InChI is InChI=1S/C9H18N2O/c1-6(2)9(10-3)7-4-8(12)11-5-7/h6-7,9-10H,4-5H2,1-3H3,(H,11,12). The molecule has 0 aromatic heterocycles. The number of hydrogen-bond donors (Lipinski definition) is 2. The highest BCUT2D eigenvalue weighted by Crippen LogP contribution is 2.19. The van der Waals surface area contributed by atoms with E-state index < -0.39 is 0 Å². The van der Waals surface area contributed by atoms with Crippen LogP contribution in [0.4, 0.5) is 0 Å². The highest BCUT2D eigenvalue weighted by atomic mass is 16.1. The van der Waals surface area contributed by atoms with E-state index in [0.29, 0.717) is 24.3 Å². The molecule has 2 N–H and O–H groups in total. The summed E-state index contributed by atoms with van der Waals surface area (Å²) in [5, 5.41) is 6.13. The SMILES string of the molecule is CNC(C(C)C)C1CNC(=O)C1. The Hall–Kier alpha value is -0.570. The summed E-state index contributed by atoms with van der Waals surface area (Å²) in [7, 11) is 1.97. The van der Waals surface area contributed by atoms with Crippen molar-refractivity contribution in [2.45, 2.75) is 26.3 Å². The van der Waals surface area contributed by atoms with Gasteiger partial charge in [-0.25, -0.2) is 0 Å². The molecule has 1 amide bonds. The average molecular weight is 170 g/mol. The lowest BCUT2D eigenvalue weighted by Gasteiger charge is -2.25. The molecule has 0 saturated carbocycles. The summed E-state index contributed by atoms with van der Waals surface area (Å²) in [4.78, 5) is 11.0. The minimum absolute atomic E-state index is 0.195. The maximum atomic E-state index is 11.0. The van der Waals surface area contributed by atoms with Crippen molar-refractivity contribution in [3.05, 3.63) is 0 Å². The van der Waals surface area contributed by atoms with Crippen molar-refractivity contribution < 1.29 is 4.79 Å². The fraction of sp³-hybridized carbons (Fsp3) is 0.889. The van der Waals surface area contributed by atoms with Crippen molar-refractivity contribution in [2.75, 3.05) is 13.6 Å². The summed E-state index contributed by atoms with van der Waals surface area (Å²) in [6.45, 7) is 5.20. The first-order valence-corrected chi connectivity index (χ1v) is 4.59. The molecular formula is C9H18N2O. The van der Waals surface area contributed by atoms with Crippen molar-refractivity contribution in [3.63, 3.8) is 0 Å². The van der Waals surface area contributed by atoms with Crippen LogP contribution in [0.5, 0.6) is 0 Å². The van der Waals surface area contributed by atoms with Gasteiger partial charge in [0, 0.05) is 24.9 Å². The van der Waals surface area contributed by atoms with Gasteiger partial charge in [-0.1, -0.05) is 13.8 Å². The van der Waals surface area contributed by atoms with Crippen molar-refractivity contribution in [3.8, 4) is 0 Å². The van der Waals surface area contributed by atoms with E-state index in [1.54, 1.807) is 0 Å². The zero-order valence-corrected chi connectivity index (χ0v) is 8.05. The third kappa shape index (κ3) is 1.97. The van der Waals surface area contributed by atoms with E-state index in [1.807, 2.05) is 7.05 Å². The van der Waals surface area contributed by atoms with Gasteiger partial charge in [0.05, 0.1) is 0 Å². The molecule has 3 heteroatoms. The van der Waals surface area contributed by atoms with Gasteiger partial charge < -0.3 is 10.6 Å². The Morgan fingerprint density at radius 2 is 2.25 bits per heavy atom. The molecule has 0 aromatic carbocycles. The zero-order chi connectivity index (χ0) is 9.14. The van der Waals surface area contributed by atoms with Gasteiger partial charge in [-0.3, -0.25) is 4.79 Å². The molecule has 0 aromatic rings. The third-order valence-corrected chi connectivity index (χ3v) is 2.57. The van der Waals surface area contributed by atoms with Crippen molar-refractivity contribution >= 4 is 5.91 Å². The summed E-state index contributed by atoms with van der Waals surface area (Å²) in [6.07, 6.45) is 0.684. The smallest absolute Gasteiger partial charge is 0.220 e. The Kier molecular flexibility index (Phi) is 3.09. The molecule has 0 bridgehead atoms. The van der Waals surface area contributed by atoms with Gasteiger partial charge in [-0.2, -0.15) is 0 Å². The first-order chi connectivity index (χ1) is 5.65. The molecular weight excluding hydrogens is 152 g/mol. The second kappa shape index (κ2) is 3.90. The van der Waals surface area contributed by atoms with Gasteiger partial charge >= 0.3 is 0 Å². The second-order valence-corrected chi connectivity index (χ2v) is 3.83. The van der Waals surface area contributed by atoms with Crippen LogP contribution in [0.15, 0.2) is 0 Å². The van der Waals surface area contributed by atoms with Crippen molar-refractivity contribution in [1.29, 1.82) is 0 Å². The van der Waals surface area contributed by atoms with Gasteiger partial charge in [-0.15, -0.1) is 0 Å². The number of rotatable bonds is 3. The number of amides is 1. The molecule has 1 heterocycles. The summed E-state index contributed by atoms with van der Waals surface area (Å²) in [6, 6.07) is 0.462.